The van der Waals surface area contributed by atoms with Crippen molar-refractivity contribution in [1.82, 2.24) is 10.3 Å². The van der Waals surface area contributed by atoms with Crippen molar-refractivity contribution >= 4 is 16.8 Å². The Morgan fingerprint density at radius 2 is 2.37 bits per heavy atom. The summed E-state index contributed by atoms with van der Waals surface area (Å²) in [4.78, 5) is 13.7. The van der Waals surface area contributed by atoms with Crippen molar-refractivity contribution in [2.45, 2.75) is 12.5 Å². The van der Waals surface area contributed by atoms with E-state index < -0.39 is 5.76 Å². The molecule has 0 amide bonds. The van der Waals surface area contributed by atoms with Gasteiger partial charge in [-0.3, -0.25) is 4.98 Å². The summed E-state index contributed by atoms with van der Waals surface area (Å²) < 4.78 is 10.6. The summed E-state index contributed by atoms with van der Waals surface area (Å²) in [5.74, 6) is -0.422. The highest BCUT2D eigenvalue weighted by molar-refractivity contribution is 5.76. The minimum absolute atomic E-state index is 0.277. The molecule has 0 saturated carbocycles. The number of benzene rings is 1. The van der Waals surface area contributed by atoms with Crippen LogP contribution in [0, 0.1) is 0 Å². The number of ether oxygens (including phenoxy) is 1. The summed E-state index contributed by atoms with van der Waals surface area (Å²) in [5.41, 5.74) is 2.26. The molecular weight excluding hydrogens is 246 g/mol. The van der Waals surface area contributed by atoms with Gasteiger partial charge in [0, 0.05) is 25.3 Å². The topological polar surface area (TPSA) is 79.3 Å². The Labute approximate surface area is 110 Å². The zero-order valence-electron chi connectivity index (χ0n) is 10.6. The number of hydrogen-bond acceptors (Lipinski definition) is 5. The molecule has 0 aliphatic carbocycles. The van der Waals surface area contributed by atoms with Crippen LogP contribution in [-0.4, -0.2) is 37.3 Å². The Bertz CT molecular complexity index is 598. The molecule has 6 heteroatoms. The van der Waals surface area contributed by atoms with Gasteiger partial charge < -0.3 is 19.8 Å². The molecule has 1 fully saturated rings. The van der Waals surface area contributed by atoms with Gasteiger partial charge in [-0.15, -0.1) is 0 Å². The lowest BCUT2D eigenvalue weighted by molar-refractivity contribution is 0.0258. The first-order valence-corrected chi connectivity index (χ1v) is 6.50. The number of morpholine rings is 1. The average molecular weight is 263 g/mol. The van der Waals surface area contributed by atoms with Crippen LogP contribution in [-0.2, 0) is 4.74 Å². The van der Waals surface area contributed by atoms with Crippen molar-refractivity contribution in [1.29, 1.82) is 0 Å². The van der Waals surface area contributed by atoms with E-state index in [9.17, 15) is 4.79 Å². The Kier molecular flexibility index (Phi) is 3.52. The van der Waals surface area contributed by atoms with Crippen LogP contribution in [0.5, 0.6) is 0 Å². The quantitative estimate of drug-likeness (QED) is 0.764. The third-order valence-electron chi connectivity index (χ3n) is 3.22. The molecule has 1 aliphatic heterocycles. The fourth-order valence-electron chi connectivity index (χ4n) is 2.24. The van der Waals surface area contributed by atoms with Gasteiger partial charge in [-0.1, -0.05) is 0 Å². The van der Waals surface area contributed by atoms with E-state index in [0.717, 1.165) is 38.3 Å². The molecule has 1 aliphatic rings. The molecule has 0 radical (unpaired) electrons. The SMILES string of the molecule is O=c1[nH]c2cc(NCCC3CNCCO3)ccc2o1. The van der Waals surface area contributed by atoms with E-state index in [4.69, 9.17) is 9.15 Å². The predicted octanol–water partition coefficient (Wildman–Crippen LogP) is 0.911. The van der Waals surface area contributed by atoms with Gasteiger partial charge >= 0.3 is 5.76 Å². The first kappa shape index (κ1) is 12.3. The molecule has 1 atom stereocenters. The summed E-state index contributed by atoms with van der Waals surface area (Å²) in [6.45, 7) is 3.47. The molecular formula is C13H17N3O3. The smallest absolute Gasteiger partial charge is 0.408 e. The van der Waals surface area contributed by atoms with E-state index in [-0.39, 0.29) is 6.10 Å². The first-order valence-electron chi connectivity index (χ1n) is 6.50. The third-order valence-corrected chi connectivity index (χ3v) is 3.22. The van der Waals surface area contributed by atoms with Crippen molar-refractivity contribution in [3.05, 3.63) is 28.7 Å². The van der Waals surface area contributed by atoms with Crippen LogP contribution >= 0.6 is 0 Å². The molecule has 3 rings (SSSR count). The van der Waals surface area contributed by atoms with Crippen LogP contribution < -0.4 is 16.4 Å². The zero-order chi connectivity index (χ0) is 13.1. The van der Waals surface area contributed by atoms with Crippen LogP contribution in [0.25, 0.3) is 11.1 Å². The van der Waals surface area contributed by atoms with Gasteiger partial charge in [0.15, 0.2) is 5.58 Å². The fraction of sp³-hybridized carbons (Fsp3) is 0.462. The van der Waals surface area contributed by atoms with Gasteiger partial charge in [0.1, 0.15) is 0 Å². The largest absolute Gasteiger partial charge is 0.417 e. The maximum Gasteiger partial charge on any atom is 0.417 e. The number of aromatic amines is 1. The van der Waals surface area contributed by atoms with E-state index in [1.807, 2.05) is 12.1 Å². The van der Waals surface area contributed by atoms with E-state index in [2.05, 4.69) is 15.6 Å². The van der Waals surface area contributed by atoms with Gasteiger partial charge in [-0.05, 0) is 24.6 Å². The maximum absolute atomic E-state index is 11.1. The highest BCUT2D eigenvalue weighted by Gasteiger charge is 2.12. The Morgan fingerprint density at radius 1 is 1.42 bits per heavy atom. The van der Waals surface area contributed by atoms with Crippen LogP contribution in [0.3, 0.4) is 0 Å². The number of anilines is 1. The van der Waals surface area contributed by atoms with Crippen LogP contribution in [0.15, 0.2) is 27.4 Å². The minimum Gasteiger partial charge on any atom is -0.408 e. The summed E-state index contributed by atoms with van der Waals surface area (Å²) in [5, 5.41) is 6.63. The van der Waals surface area contributed by atoms with Crippen molar-refractivity contribution in [3.8, 4) is 0 Å². The number of hydrogen-bond donors (Lipinski definition) is 3. The van der Waals surface area contributed by atoms with E-state index in [1.54, 1.807) is 6.07 Å². The normalized spacial score (nSPS) is 19.7. The zero-order valence-corrected chi connectivity index (χ0v) is 10.6. The van der Waals surface area contributed by atoms with E-state index >= 15 is 0 Å². The second kappa shape index (κ2) is 5.46. The highest BCUT2D eigenvalue weighted by atomic mass is 16.5. The molecule has 1 unspecified atom stereocenters. The molecule has 6 nitrogen and oxygen atoms in total. The standard InChI is InChI=1S/C13H17N3O3/c17-13-16-11-7-9(1-2-12(11)19-13)15-4-3-10-8-14-5-6-18-10/h1-2,7,10,14-15H,3-6,8H2,(H,16,17). The molecule has 2 heterocycles. The van der Waals surface area contributed by atoms with Gasteiger partial charge in [0.25, 0.3) is 0 Å². The Hall–Kier alpha value is -1.79. The van der Waals surface area contributed by atoms with Gasteiger partial charge in [-0.25, -0.2) is 4.79 Å². The molecule has 102 valence electrons. The maximum atomic E-state index is 11.1. The molecule has 1 saturated heterocycles. The van der Waals surface area contributed by atoms with Gasteiger partial charge in [-0.2, -0.15) is 0 Å². The summed E-state index contributed by atoms with van der Waals surface area (Å²) in [6.07, 6.45) is 1.23. The molecule has 0 bridgehead atoms. The predicted molar refractivity (Wildman–Crippen MR) is 72.6 cm³/mol. The van der Waals surface area contributed by atoms with Gasteiger partial charge in [0.2, 0.25) is 0 Å². The monoisotopic (exact) mass is 263 g/mol. The Morgan fingerprint density at radius 3 is 3.21 bits per heavy atom. The number of H-pyrrole nitrogens is 1. The molecule has 3 N–H and O–H groups in total. The molecule has 1 aromatic carbocycles. The Balaban J connectivity index is 1.57. The fourth-order valence-corrected chi connectivity index (χ4v) is 2.24. The second-order valence-electron chi connectivity index (χ2n) is 4.64. The molecule has 0 spiro atoms. The summed E-state index contributed by atoms with van der Waals surface area (Å²) in [7, 11) is 0. The summed E-state index contributed by atoms with van der Waals surface area (Å²) in [6, 6.07) is 5.56. The van der Waals surface area contributed by atoms with Crippen LogP contribution in [0.1, 0.15) is 6.42 Å². The van der Waals surface area contributed by atoms with Crippen molar-refractivity contribution in [3.63, 3.8) is 0 Å². The summed E-state index contributed by atoms with van der Waals surface area (Å²) >= 11 is 0. The minimum atomic E-state index is -0.422. The lowest BCUT2D eigenvalue weighted by atomic mass is 10.2. The number of nitrogens with one attached hydrogen (secondary N) is 3. The molecule has 1 aromatic heterocycles. The number of fused-ring (bicyclic) bond motifs is 1. The van der Waals surface area contributed by atoms with Crippen molar-refractivity contribution in [2.75, 3.05) is 31.6 Å². The lowest BCUT2D eigenvalue weighted by Gasteiger charge is -2.23. The highest BCUT2D eigenvalue weighted by Crippen LogP contribution is 2.16. The van der Waals surface area contributed by atoms with E-state index in [1.165, 1.54) is 0 Å². The third kappa shape index (κ3) is 2.97. The number of oxazole rings is 1. The number of aromatic nitrogens is 1. The van der Waals surface area contributed by atoms with Crippen molar-refractivity contribution in [2.24, 2.45) is 0 Å². The van der Waals surface area contributed by atoms with Crippen LogP contribution in [0.2, 0.25) is 0 Å². The van der Waals surface area contributed by atoms with Crippen LogP contribution in [0.4, 0.5) is 5.69 Å². The molecule has 19 heavy (non-hydrogen) atoms. The first-order chi connectivity index (χ1) is 9.31. The second-order valence-corrected chi connectivity index (χ2v) is 4.64. The average Bonchev–Trinajstić information content (AvgIpc) is 2.79. The van der Waals surface area contributed by atoms with E-state index in [0.29, 0.717) is 11.1 Å². The van der Waals surface area contributed by atoms with Gasteiger partial charge in [0.05, 0.1) is 18.2 Å². The molecule has 2 aromatic rings. The lowest BCUT2D eigenvalue weighted by Crippen LogP contribution is -2.39. The number of rotatable bonds is 4. The van der Waals surface area contributed by atoms with Crippen molar-refractivity contribution < 1.29 is 9.15 Å².